The molecule has 0 unspecified atom stereocenters. The van der Waals surface area contributed by atoms with Crippen molar-refractivity contribution in [2.75, 3.05) is 7.11 Å². The smallest absolute Gasteiger partial charge is 0.256 e. The Morgan fingerprint density at radius 3 is 2.29 bits per heavy atom. The van der Waals surface area contributed by atoms with Crippen molar-refractivity contribution in [3.8, 4) is 5.75 Å². The Hall–Kier alpha value is -1.11. The van der Waals surface area contributed by atoms with Gasteiger partial charge in [-0.05, 0) is 23.1 Å². The number of methoxy groups -OCH3 is 1. The van der Waals surface area contributed by atoms with Crippen LogP contribution in [-0.4, -0.2) is 15.5 Å². The maximum atomic E-state index is 11.7. The first-order valence-electron chi connectivity index (χ1n) is 5.13. The number of hydrazine groups is 1. The van der Waals surface area contributed by atoms with Gasteiger partial charge in [-0.2, -0.15) is 0 Å². The number of ether oxygens (including phenoxy) is 1. The van der Waals surface area contributed by atoms with Crippen LogP contribution in [0.4, 0.5) is 0 Å². The lowest BCUT2D eigenvalue weighted by atomic mass is 9.87. The Morgan fingerprint density at radius 1 is 1.29 bits per heavy atom. The van der Waals surface area contributed by atoms with E-state index in [1.807, 2.05) is 26.8 Å². The maximum Gasteiger partial charge on any atom is 0.256 e. The van der Waals surface area contributed by atoms with E-state index in [2.05, 4.69) is 0 Å². The molecule has 0 aromatic heterocycles. The minimum Gasteiger partial charge on any atom is -0.495 e. The molecule has 17 heavy (non-hydrogen) atoms. The molecule has 1 aromatic carbocycles. The Morgan fingerprint density at radius 2 is 1.88 bits per heavy atom. The SMILES string of the molecule is COc1ccc(C(C)(C)C)cc1S(=O)(=O)NN. The monoisotopic (exact) mass is 258 g/mol. The highest BCUT2D eigenvalue weighted by atomic mass is 32.2. The summed E-state index contributed by atoms with van der Waals surface area (Å²) in [6, 6.07) is 5.05. The fourth-order valence-corrected chi connectivity index (χ4v) is 2.24. The van der Waals surface area contributed by atoms with Crippen molar-refractivity contribution in [3.05, 3.63) is 23.8 Å². The summed E-state index contributed by atoms with van der Waals surface area (Å²) in [5, 5.41) is 0. The Balaban J connectivity index is 3.46. The van der Waals surface area contributed by atoms with E-state index in [-0.39, 0.29) is 16.1 Å². The molecular formula is C11H18N2O3S. The predicted molar refractivity (Wildman–Crippen MR) is 66.2 cm³/mol. The molecule has 0 heterocycles. The number of hydrogen-bond acceptors (Lipinski definition) is 4. The molecule has 0 aliphatic carbocycles. The van der Waals surface area contributed by atoms with Gasteiger partial charge >= 0.3 is 0 Å². The number of sulfonamides is 1. The van der Waals surface area contributed by atoms with Crippen molar-refractivity contribution >= 4 is 10.0 Å². The normalized spacial score (nSPS) is 12.5. The molecule has 0 fully saturated rings. The molecule has 0 saturated heterocycles. The van der Waals surface area contributed by atoms with Gasteiger partial charge in [-0.3, -0.25) is 5.84 Å². The maximum absolute atomic E-state index is 11.7. The van der Waals surface area contributed by atoms with Gasteiger partial charge in [-0.25, -0.2) is 8.42 Å². The van der Waals surface area contributed by atoms with Crippen LogP contribution in [0.5, 0.6) is 5.75 Å². The molecule has 0 amide bonds. The summed E-state index contributed by atoms with van der Waals surface area (Å²) in [6.45, 7) is 6.00. The third-order valence-corrected chi connectivity index (χ3v) is 3.68. The molecule has 0 aliphatic rings. The summed E-state index contributed by atoms with van der Waals surface area (Å²) in [7, 11) is -2.30. The summed E-state index contributed by atoms with van der Waals surface area (Å²) in [5.41, 5.74) is 0.748. The first-order valence-corrected chi connectivity index (χ1v) is 6.61. The van der Waals surface area contributed by atoms with Crippen molar-refractivity contribution in [1.29, 1.82) is 0 Å². The molecule has 6 heteroatoms. The zero-order valence-electron chi connectivity index (χ0n) is 10.4. The van der Waals surface area contributed by atoms with E-state index in [0.717, 1.165) is 5.56 Å². The van der Waals surface area contributed by atoms with Crippen molar-refractivity contribution in [2.45, 2.75) is 31.1 Å². The lowest BCUT2D eigenvalue weighted by Crippen LogP contribution is -2.30. The van der Waals surface area contributed by atoms with E-state index in [1.54, 1.807) is 17.0 Å². The largest absolute Gasteiger partial charge is 0.495 e. The molecule has 1 aromatic rings. The second-order valence-electron chi connectivity index (χ2n) is 4.74. The Kier molecular flexibility index (Phi) is 3.81. The second-order valence-corrected chi connectivity index (χ2v) is 6.42. The molecule has 5 nitrogen and oxygen atoms in total. The quantitative estimate of drug-likeness (QED) is 0.629. The fraction of sp³-hybridized carbons (Fsp3) is 0.455. The van der Waals surface area contributed by atoms with Crippen molar-refractivity contribution in [1.82, 2.24) is 4.83 Å². The molecule has 0 spiro atoms. The van der Waals surface area contributed by atoms with Crippen LogP contribution < -0.4 is 15.4 Å². The van der Waals surface area contributed by atoms with Crippen LogP contribution in [0, 0.1) is 0 Å². The average Bonchev–Trinajstić information content (AvgIpc) is 2.27. The molecule has 0 bridgehead atoms. The van der Waals surface area contributed by atoms with E-state index in [0.29, 0.717) is 0 Å². The van der Waals surface area contributed by atoms with Crippen LogP contribution in [0.1, 0.15) is 26.3 Å². The molecule has 0 aliphatic heterocycles. The van der Waals surface area contributed by atoms with Crippen LogP contribution in [0.3, 0.4) is 0 Å². The number of nitrogens with one attached hydrogen (secondary N) is 1. The van der Waals surface area contributed by atoms with Crippen LogP contribution in [0.2, 0.25) is 0 Å². The Labute approximate surface area is 102 Å². The zero-order valence-corrected chi connectivity index (χ0v) is 11.3. The molecule has 1 rings (SSSR count). The van der Waals surface area contributed by atoms with Gasteiger partial charge in [0.2, 0.25) is 0 Å². The number of rotatable bonds is 3. The van der Waals surface area contributed by atoms with Gasteiger partial charge in [0, 0.05) is 0 Å². The summed E-state index contributed by atoms with van der Waals surface area (Å²) < 4.78 is 28.5. The molecule has 96 valence electrons. The first kappa shape index (κ1) is 14.0. The third kappa shape index (κ3) is 2.96. The summed E-state index contributed by atoms with van der Waals surface area (Å²) in [6.07, 6.45) is 0. The van der Waals surface area contributed by atoms with Gasteiger partial charge in [-0.15, -0.1) is 4.83 Å². The van der Waals surface area contributed by atoms with E-state index >= 15 is 0 Å². The molecule has 0 atom stereocenters. The van der Waals surface area contributed by atoms with Gasteiger partial charge in [0.05, 0.1) is 7.11 Å². The van der Waals surface area contributed by atoms with Gasteiger partial charge in [0.1, 0.15) is 10.6 Å². The lowest BCUT2D eigenvalue weighted by Gasteiger charge is -2.20. The van der Waals surface area contributed by atoms with E-state index in [9.17, 15) is 8.42 Å². The lowest BCUT2D eigenvalue weighted by molar-refractivity contribution is 0.401. The Bertz CT molecular complexity index is 504. The third-order valence-electron chi connectivity index (χ3n) is 2.47. The highest BCUT2D eigenvalue weighted by molar-refractivity contribution is 7.89. The first-order chi connectivity index (χ1) is 7.72. The topological polar surface area (TPSA) is 81.4 Å². The second kappa shape index (κ2) is 4.64. The average molecular weight is 258 g/mol. The van der Waals surface area contributed by atoms with Crippen LogP contribution in [0.15, 0.2) is 23.1 Å². The molecule has 0 saturated carbocycles. The minimum absolute atomic E-state index is 0.0509. The van der Waals surface area contributed by atoms with Crippen molar-refractivity contribution in [3.63, 3.8) is 0 Å². The minimum atomic E-state index is -3.72. The number of hydrogen-bond donors (Lipinski definition) is 2. The summed E-state index contributed by atoms with van der Waals surface area (Å²) >= 11 is 0. The van der Waals surface area contributed by atoms with E-state index in [4.69, 9.17) is 10.6 Å². The number of benzene rings is 1. The standard InChI is InChI=1S/C11H18N2O3S/c1-11(2,3)8-5-6-9(16-4)10(7-8)17(14,15)13-12/h5-7,13H,12H2,1-4H3. The highest BCUT2D eigenvalue weighted by Gasteiger charge is 2.22. The number of nitrogens with two attached hydrogens (primary N) is 1. The molecule has 3 N–H and O–H groups in total. The summed E-state index contributed by atoms with van der Waals surface area (Å²) in [4.78, 5) is 1.85. The molecular weight excluding hydrogens is 240 g/mol. The predicted octanol–water partition coefficient (Wildman–Crippen LogP) is 1.14. The van der Waals surface area contributed by atoms with Crippen LogP contribution in [0.25, 0.3) is 0 Å². The van der Waals surface area contributed by atoms with Gasteiger partial charge in [-0.1, -0.05) is 26.8 Å². The van der Waals surface area contributed by atoms with Crippen molar-refractivity contribution < 1.29 is 13.2 Å². The zero-order chi connectivity index (χ0) is 13.3. The highest BCUT2D eigenvalue weighted by Crippen LogP contribution is 2.30. The van der Waals surface area contributed by atoms with Crippen molar-refractivity contribution in [2.24, 2.45) is 5.84 Å². The van der Waals surface area contributed by atoms with Gasteiger partial charge < -0.3 is 4.74 Å². The van der Waals surface area contributed by atoms with E-state index in [1.165, 1.54) is 7.11 Å². The fourth-order valence-electron chi connectivity index (χ4n) is 1.42. The van der Waals surface area contributed by atoms with Crippen LogP contribution in [-0.2, 0) is 15.4 Å². The van der Waals surface area contributed by atoms with Gasteiger partial charge in [0.15, 0.2) is 0 Å². The van der Waals surface area contributed by atoms with E-state index < -0.39 is 10.0 Å². The summed E-state index contributed by atoms with van der Waals surface area (Å²) in [5.74, 6) is 5.30. The molecule has 0 radical (unpaired) electrons. The van der Waals surface area contributed by atoms with Gasteiger partial charge in [0.25, 0.3) is 10.0 Å². The van der Waals surface area contributed by atoms with Crippen LogP contribution >= 0.6 is 0 Å².